The zero-order chi connectivity index (χ0) is 13.1. The Labute approximate surface area is 108 Å². The van der Waals surface area contributed by atoms with Crippen molar-refractivity contribution in [2.45, 2.75) is 27.7 Å². The number of aryl methyl sites for hydroxylation is 4. The Balaban J connectivity index is 2.30. The maximum absolute atomic E-state index is 4.33. The van der Waals surface area contributed by atoms with Gasteiger partial charge in [0, 0.05) is 0 Å². The zero-order valence-corrected chi connectivity index (χ0v) is 11.4. The first-order chi connectivity index (χ1) is 8.56. The summed E-state index contributed by atoms with van der Waals surface area (Å²) in [4.78, 5) is 0. The molecule has 0 saturated carbocycles. The van der Waals surface area contributed by atoms with Gasteiger partial charge in [-0.05, 0) is 51.0 Å². The monoisotopic (exact) mass is 238 g/mol. The Morgan fingerprint density at radius 1 is 0.611 bits per heavy atom. The van der Waals surface area contributed by atoms with Gasteiger partial charge in [-0.15, -0.1) is 0 Å². The second-order valence-electron chi connectivity index (χ2n) is 4.78. The van der Waals surface area contributed by atoms with E-state index in [1.807, 2.05) is 12.1 Å². The minimum Gasteiger partial charge on any atom is -0.150 e. The van der Waals surface area contributed by atoms with Gasteiger partial charge in [-0.1, -0.05) is 35.4 Å². The summed E-state index contributed by atoms with van der Waals surface area (Å²) in [6.07, 6.45) is 0. The maximum Gasteiger partial charge on any atom is 0.0886 e. The fraction of sp³-hybridized carbons (Fsp3) is 0.250. The lowest BCUT2D eigenvalue weighted by molar-refractivity contribution is 1.18. The quantitative estimate of drug-likeness (QED) is 0.631. The molecular formula is C16H18N2. The summed E-state index contributed by atoms with van der Waals surface area (Å²) in [6.45, 7) is 8.28. The van der Waals surface area contributed by atoms with Gasteiger partial charge >= 0.3 is 0 Å². The molecule has 2 nitrogen and oxygen atoms in total. The van der Waals surface area contributed by atoms with Crippen molar-refractivity contribution in [1.29, 1.82) is 0 Å². The molecule has 2 aromatic rings. The minimum absolute atomic E-state index is 0.931. The lowest BCUT2D eigenvalue weighted by Crippen LogP contribution is -1.78. The third-order valence-corrected chi connectivity index (χ3v) is 2.97. The third kappa shape index (κ3) is 2.83. The van der Waals surface area contributed by atoms with Crippen LogP contribution in [-0.2, 0) is 0 Å². The van der Waals surface area contributed by atoms with Crippen molar-refractivity contribution < 1.29 is 0 Å². The normalized spacial score (nSPS) is 11.1. The summed E-state index contributed by atoms with van der Waals surface area (Å²) in [6, 6.07) is 12.4. The highest BCUT2D eigenvalue weighted by atomic mass is 15.1. The average Bonchev–Trinajstić information content (AvgIpc) is 2.30. The Hall–Kier alpha value is -1.96. The summed E-state index contributed by atoms with van der Waals surface area (Å²) in [5.41, 5.74) is 6.67. The van der Waals surface area contributed by atoms with Gasteiger partial charge in [0.2, 0.25) is 0 Å². The molecule has 0 atom stereocenters. The van der Waals surface area contributed by atoms with Crippen molar-refractivity contribution in [2.24, 2.45) is 10.2 Å². The fourth-order valence-electron chi connectivity index (χ4n) is 1.94. The number of nitrogens with zero attached hydrogens (tertiary/aromatic N) is 2. The largest absolute Gasteiger partial charge is 0.150 e. The Morgan fingerprint density at radius 2 is 1.00 bits per heavy atom. The van der Waals surface area contributed by atoms with Crippen molar-refractivity contribution in [3.8, 4) is 0 Å². The Kier molecular flexibility index (Phi) is 3.56. The first kappa shape index (κ1) is 12.5. The van der Waals surface area contributed by atoms with Crippen LogP contribution in [0.2, 0.25) is 0 Å². The molecule has 92 valence electrons. The van der Waals surface area contributed by atoms with Crippen LogP contribution in [0.4, 0.5) is 11.4 Å². The SMILES string of the molecule is Cc1ccc(/N=N/c2ccc(C)cc2C)c(C)c1. The number of azo groups is 1. The third-order valence-electron chi connectivity index (χ3n) is 2.97. The number of hydrogen-bond acceptors (Lipinski definition) is 2. The number of hydrogen-bond donors (Lipinski definition) is 0. The maximum atomic E-state index is 4.33. The molecule has 0 spiro atoms. The van der Waals surface area contributed by atoms with E-state index in [-0.39, 0.29) is 0 Å². The summed E-state index contributed by atoms with van der Waals surface area (Å²) in [5.74, 6) is 0. The molecule has 0 aliphatic rings. The van der Waals surface area contributed by atoms with Gasteiger partial charge in [-0.2, -0.15) is 10.2 Å². The van der Waals surface area contributed by atoms with Gasteiger partial charge in [-0.25, -0.2) is 0 Å². The minimum atomic E-state index is 0.931. The van der Waals surface area contributed by atoms with E-state index >= 15 is 0 Å². The van der Waals surface area contributed by atoms with Crippen molar-refractivity contribution >= 4 is 11.4 Å². The standard InChI is InChI=1S/C16H18N2/c1-11-5-7-15(13(3)9-11)17-18-16-8-6-12(2)10-14(16)4/h5-10H,1-4H3/b18-17+. The molecule has 18 heavy (non-hydrogen) atoms. The van der Waals surface area contributed by atoms with E-state index in [1.165, 1.54) is 11.1 Å². The van der Waals surface area contributed by atoms with E-state index in [2.05, 4.69) is 62.2 Å². The molecule has 2 aromatic carbocycles. The molecule has 0 heterocycles. The van der Waals surface area contributed by atoms with Crippen LogP contribution in [0.5, 0.6) is 0 Å². The molecular weight excluding hydrogens is 220 g/mol. The van der Waals surface area contributed by atoms with E-state index in [4.69, 9.17) is 0 Å². The first-order valence-electron chi connectivity index (χ1n) is 6.12. The summed E-state index contributed by atoms with van der Waals surface area (Å²) >= 11 is 0. The number of rotatable bonds is 2. The second-order valence-corrected chi connectivity index (χ2v) is 4.78. The van der Waals surface area contributed by atoms with Crippen molar-refractivity contribution in [3.05, 3.63) is 58.7 Å². The molecule has 0 N–H and O–H groups in total. The van der Waals surface area contributed by atoms with Gasteiger partial charge in [-0.3, -0.25) is 0 Å². The Bertz CT molecular complexity index is 545. The summed E-state index contributed by atoms with van der Waals surface area (Å²) in [7, 11) is 0. The molecule has 0 radical (unpaired) electrons. The van der Waals surface area contributed by atoms with Crippen LogP contribution < -0.4 is 0 Å². The highest BCUT2D eigenvalue weighted by Crippen LogP contribution is 2.25. The molecule has 2 heteroatoms. The smallest absolute Gasteiger partial charge is 0.0886 e. The van der Waals surface area contributed by atoms with Crippen LogP contribution in [0, 0.1) is 27.7 Å². The van der Waals surface area contributed by atoms with E-state index in [0.29, 0.717) is 0 Å². The molecule has 0 amide bonds. The predicted octanol–water partition coefficient (Wildman–Crippen LogP) is 5.34. The zero-order valence-electron chi connectivity index (χ0n) is 11.4. The molecule has 2 rings (SSSR count). The van der Waals surface area contributed by atoms with Gasteiger partial charge < -0.3 is 0 Å². The van der Waals surface area contributed by atoms with Crippen LogP contribution in [0.15, 0.2) is 46.6 Å². The van der Waals surface area contributed by atoms with E-state index in [1.54, 1.807) is 0 Å². The summed E-state index contributed by atoms with van der Waals surface area (Å²) in [5, 5.41) is 8.67. The van der Waals surface area contributed by atoms with Crippen LogP contribution in [0.1, 0.15) is 22.3 Å². The van der Waals surface area contributed by atoms with Crippen LogP contribution in [0.25, 0.3) is 0 Å². The molecule has 0 saturated heterocycles. The topological polar surface area (TPSA) is 24.7 Å². The fourth-order valence-corrected chi connectivity index (χ4v) is 1.94. The van der Waals surface area contributed by atoms with Gasteiger partial charge in [0.25, 0.3) is 0 Å². The van der Waals surface area contributed by atoms with Crippen molar-refractivity contribution in [1.82, 2.24) is 0 Å². The Morgan fingerprint density at radius 3 is 1.33 bits per heavy atom. The van der Waals surface area contributed by atoms with Gasteiger partial charge in [0.05, 0.1) is 11.4 Å². The lowest BCUT2D eigenvalue weighted by atomic mass is 10.1. The molecule has 0 unspecified atom stereocenters. The van der Waals surface area contributed by atoms with E-state index < -0.39 is 0 Å². The molecule has 0 aliphatic carbocycles. The molecule has 0 fully saturated rings. The van der Waals surface area contributed by atoms with Gasteiger partial charge in [0.1, 0.15) is 0 Å². The predicted molar refractivity (Wildman–Crippen MR) is 76.0 cm³/mol. The van der Waals surface area contributed by atoms with Gasteiger partial charge in [0.15, 0.2) is 0 Å². The molecule has 0 aliphatic heterocycles. The number of benzene rings is 2. The van der Waals surface area contributed by atoms with E-state index in [9.17, 15) is 0 Å². The van der Waals surface area contributed by atoms with Crippen LogP contribution in [-0.4, -0.2) is 0 Å². The van der Waals surface area contributed by atoms with Crippen LogP contribution in [0.3, 0.4) is 0 Å². The first-order valence-corrected chi connectivity index (χ1v) is 6.12. The highest BCUT2D eigenvalue weighted by molar-refractivity contribution is 5.49. The van der Waals surface area contributed by atoms with Crippen molar-refractivity contribution in [2.75, 3.05) is 0 Å². The van der Waals surface area contributed by atoms with E-state index in [0.717, 1.165) is 22.5 Å². The van der Waals surface area contributed by atoms with Crippen LogP contribution >= 0.6 is 0 Å². The second kappa shape index (κ2) is 5.13. The molecule has 0 bridgehead atoms. The van der Waals surface area contributed by atoms with Crippen molar-refractivity contribution in [3.63, 3.8) is 0 Å². The highest BCUT2D eigenvalue weighted by Gasteiger charge is 1.99. The molecule has 0 aromatic heterocycles. The summed E-state index contributed by atoms with van der Waals surface area (Å²) < 4.78 is 0. The average molecular weight is 238 g/mol. The lowest BCUT2D eigenvalue weighted by Gasteiger charge is -2.02.